The number of amides is 4. The van der Waals surface area contributed by atoms with Crippen LogP contribution in [-0.2, 0) is 31.8 Å². The van der Waals surface area contributed by atoms with Crippen molar-refractivity contribution >= 4 is 59.0 Å². The number of thiol groups is 1. The van der Waals surface area contributed by atoms with Gasteiger partial charge in [-0.3, -0.25) is 39.2 Å². The Morgan fingerprint density at radius 2 is 1.72 bits per heavy atom. The molecule has 3 aromatic rings. The number of hydrogen-bond donors (Lipinski definition) is 4. The fourth-order valence-corrected chi connectivity index (χ4v) is 9.02. The number of nitriles is 1. The molecule has 3 N–H and O–H groups in total. The lowest BCUT2D eigenvalue weighted by atomic mass is 10.0. The van der Waals surface area contributed by atoms with Crippen LogP contribution in [0.5, 0.6) is 5.75 Å². The van der Waals surface area contributed by atoms with Crippen molar-refractivity contribution in [2.75, 3.05) is 46.6 Å². The number of ether oxygens (including phenoxy) is 1. The number of hydrogen-bond acceptors (Lipinski definition) is 11. The molecule has 0 aromatic heterocycles. The van der Waals surface area contributed by atoms with Crippen LogP contribution in [-0.4, -0.2) is 94.9 Å². The Hall–Kier alpha value is -5.31. The van der Waals surface area contributed by atoms with Crippen molar-refractivity contribution in [2.45, 2.75) is 102 Å². The van der Waals surface area contributed by atoms with Gasteiger partial charge in [-0.05, 0) is 108 Å². The first-order valence-electron chi connectivity index (χ1n) is 20.0. The summed E-state index contributed by atoms with van der Waals surface area (Å²) in [4.78, 5) is 58.2. The maximum atomic E-state index is 13.8. The molecule has 17 heteroatoms. The third kappa shape index (κ3) is 9.51. The van der Waals surface area contributed by atoms with Crippen molar-refractivity contribution in [1.29, 1.82) is 5.26 Å². The van der Waals surface area contributed by atoms with E-state index in [9.17, 15) is 37.6 Å². The van der Waals surface area contributed by atoms with Crippen molar-refractivity contribution in [1.82, 2.24) is 15.1 Å². The minimum atomic E-state index is -4.78. The molecular formula is C43H51F3N8O5S. The van der Waals surface area contributed by atoms with E-state index in [1.54, 1.807) is 49.1 Å². The zero-order valence-electron chi connectivity index (χ0n) is 34.5. The molecule has 3 saturated heterocycles. The van der Waals surface area contributed by atoms with Gasteiger partial charge in [0.2, 0.25) is 17.7 Å². The molecule has 3 aliphatic heterocycles. The van der Waals surface area contributed by atoms with Gasteiger partial charge in [-0.25, -0.2) is 0 Å². The summed E-state index contributed by atoms with van der Waals surface area (Å²) < 4.78 is 48.0. The number of piperazine rings is 1. The van der Waals surface area contributed by atoms with E-state index in [1.807, 2.05) is 32.0 Å². The molecule has 4 amide bonds. The van der Waals surface area contributed by atoms with Crippen LogP contribution in [0.3, 0.4) is 0 Å². The number of aryl methyl sites for hydroxylation is 1. The zero-order valence-corrected chi connectivity index (χ0v) is 35.4. The predicted molar refractivity (Wildman–Crippen MR) is 226 cm³/mol. The molecule has 320 valence electrons. The highest BCUT2D eigenvalue weighted by molar-refractivity contribution is 7.81. The zero-order chi connectivity index (χ0) is 43.7. The minimum Gasteiger partial charge on any atom is -0.489 e. The number of alkyl halides is 3. The smallest absolute Gasteiger partial charge is 0.417 e. The van der Waals surface area contributed by atoms with E-state index in [-0.39, 0.29) is 54.6 Å². The number of piperidine rings is 1. The number of carbonyl (C=O) groups is 4. The normalized spacial score (nSPS) is 22.9. The summed E-state index contributed by atoms with van der Waals surface area (Å²) in [5, 5.41) is 17.7. The van der Waals surface area contributed by atoms with Gasteiger partial charge < -0.3 is 20.3 Å². The molecule has 1 unspecified atom stereocenters. The molecule has 0 spiro atoms. The van der Waals surface area contributed by atoms with Crippen LogP contribution in [0, 0.1) is 11.3 Å². The van der Waals surface area contributed by atoms with Gasteiger partial charge in [0.05, 0.1) is 23.7 Å². The first-order valence-corrected chi connectivity index (χ1v) is 20.5. The van der Waals surface area contributed by atoms with Crippen LogP contribution in [0.25, 0.3) is 0 Å². The number of anilines is 4. The second-order valence-corrected chi connectivity index (χ2v) is 16.7. The Morgan fingerprint density at radius 3 is 2.37 bits per heavy atom. The Labute approximate surface area is 353 Å². The van der Waals surface area contributed by atoms with Crippen LogP contribution < -0.4 is 30.5 Å². The van der Waals surface area contributed by atoms with Gasteiger partial charge in [0.25, 0.3) is 5.91 Å². The second kappa shape index (κ2) is 17.7. The van der Waals surface area contributed by atoms with Crippen LogP contribution in [0.2, 0.25) is 0 Å². The molecule has 0 bridgehead atoms. The number of carbonyl (C=O) groups excluding carboxylic acids is 4. The average molecular weight is 849 g/mol. The fourth-order valence-electron chi connectivity index (χ4n) is 8.36. The predicted octanol–water partition coefficient (Wildman–Crippen LogP) is 6.00. The largest absolute Gasteiger partial charge is 0.489 e. The summed E-state index contributed by atoms with van der Waals surface area (Å²) in [6.45, 7) is 13.9. The summed E-state index contributed by atoms with van der Waals surface area (Å²) in [6, 6.07) is 17.1. The fraction of sp³-hybridized carbons (Fsp3) is 0.465. The van der Waals surface area contributed by atoms with Gasteiger partial charge in [0.15, 0.2) is 5.50 Å². The summed E-state index contributed by atoms with van der Waals surface area (Å²) in [7, 11) is 0. The van der Waals surface area contributed by atoms with E-state index >= 15 is 0 Å². The highest BCUT2D eigenvalue weighted by Crippen LogP contribution is 2.43. The Kier molecular flexibility index (Phi) is 13.1. The highest BCUT2D eigenvalue weighted by Gasteiger charge is 2.52. The third-order valence-electron chi connectivity index (χ3n) is 11.3. The monoisotopic (exact) mass is 848 g/mol. The van der Waals surface area contributed by atoms with Crippen LogP contribution >= 0.6 is 12.6 Å². The van der Waals surface area contributed by atoms with Crippen molar-refractivity contribution < 1.29 is 37.1 Å². The lowest BCUT2D eigenvalue weighted by Gasteiger charge is -2.44. The number of rotatable bonds is 12. The molecule has 0 saturated carbocycles. The van der Waals surface area contributed by atoms with Gasteiger partial charge in [0.1, 0.15) is 23.4 Å². The molecule has 5 atom stereocenters. The molecule has 3 fully saturated rings. The van der Waals surface area contributed by atoms with E-state index in [0.29, 0.717) is 42.2 Å². The Balaban J connectivity index is 1.05. The minimum absolute atomic E-state index is 0.0111. The first-order chi connectivity index (χ1) is 28.3. The van der Waals surface area contributed by atoms with E-state index < -0.39 is 40.3 Å². The maximum Gasteiger partial charge on any atom is 0.417 e. The van der Waals surface area contributed by atoms with Gasteiger partial charge in [0, 0.05) is 60.9 Å². The molecular weight excluding hydrogens is 798 g/mol. The number of benzene rings is 3. The molecule has 3 aliphatic rings. The SMILES string of the molecule is CCc1cc(N2[C@@H](S)N(c3ccc(C#N)c(C(F)(F)F)c3)C(=O)C2(C)C)ccc1O[C@H](C)CN1C[C@@H](C)N(CC(=O)Nc2cccc(NC3CCC(=O)NC3=O)c2)[C@@H](C)C1. The summed E-state index contributed by atoms with van der Waals surface area (Å²) in [5.74, 6) is -0.571. The van der Waals surface area contributed by atoms with E-state index in [2.05, 4.69) is 39.6 Å². The number of nitrogens with zero attached hydrogens (tertiary/aromatic N) is 5. The number of imide groups is 1. The van der Waals surface area contributed by atoms with Crippen molar-refractivity contribution in [2.24, 2.45) is 0 Å². The Morgan fingerprint density at radius 1 is 1.03 bits per heavy atom. The first kappa shape index (κ1) is 44.2. The van der Waals surface area contributed by atoms with Gasteiger partial charge >= 0.3 is 6.18 Å². The molecule has 0 radical (unpaired) electrons. The molecule has 3 aromatic carbocycles. The van der Waals surface area contributed by atoms with Crippen LogP contribution in [0.4, 0.5) is 35.9 Å². The maximum absolute atomic E-state index is 13.8. The molecule has 0 aliphatic carbocycles. The molecule has 60 heavy (non-hydrogen) atoms. The lowest BCUT2D eigenvalue weighted by Crippen LogP contribution is -2.59. The summed E-state index contributed by atoms with van der Waals surface area (Å²) in [5.41, 5.74) is -0.977. The Bertz CT molecular complexity index is 2170. The molecule has 6 rings (SSSR count). The molecule has 13 nitrogen and oxygen atoms in total. The highest BCUT2D eigenvalue weighted by atomic mass is 32.1. The lowest BCUT2D eigenvalue weighted by molar-refractivity contribution is -0.138. The van der Waals surface area contributed by atoms with Gasteiger partial charge in [-0.1, -0.05) is 13.0 Å². The third-order valence-corrected chi connectivity index (χ3v) is 11.8. The van der Waals surface area contributed by atoms with Crippen LogP contribution in [0.15, 0.2) is 60.7 Å². The van der Waals surface area contributed by atoms with Crippen molar-refractivity contribution in [3.8, 4) is 11.8 Å². The van der Waals surface area contributed by atoms with E-state index in [0.717, 1.165) is 30.8 Å². The average Bonchev–Trinajstić information content (AvgIpc) is 3.35. The van der Waals surface area contributed by atoms with E-state index in [4.69, 9.17) is 17.4 Å². The van der Waals surface area contributed by atoms with Crippen molar-refractivity contribution in [3.63, 3.8) is 0 Å². The van der Waals surface area contributed by atoms with Crippen molar-refractivity contribution in [3.05, 3.63) is 77.4 Å². The second-order valence-electron chi connectivity index (χ2n) is 16.2. The summed E-state index contributed by atoms with van der Waals surface area (Å²) >= 11 is 4.74. The quantitative estimate of drug-likeness (QED) is 0.126. The van der Waals surface area contributed by atoms with Gasteiger partial charge in [-0.15, -0.1) is 12.6 Å². The number of halogens is 3. The standard InChI is InChI=1S/C43H51F3N8O5S/c1-7-28-17-33(54-41(60)53(40(58)42(54,5)6)32-12-11-29(20-47)34(19-32)43(44,45)46)13-15-36(28)59-27(4)23-51-21-25(2)52(26(3)22-51)24-38(56)49-31-10-8-9-30(18-31)48-35-14-16-37(55)50-39(35)57/h8-13,15,17-19,25-27,35,41,48,60H,7,14,16,21-24H2,1-6H3,(H,49,56)(H,50,55,57)/t25-,26+,27-,35?,41+/m1/s1. The molecule has 3 heterocycles. The topological polar surface area (TPSA) is 150 Å². The van der Waals surface area contributed by atoms with Gasteiger partial charge in [-0.2, -0.15) is 18.4 Å². The number of nitrogens with one attached hydrogen (secondary N) is 3. The summed E-state index contributed by atoms with van der Waals surface area (Å²) in [6.07, 6.45) is -3.72. The van der Waals surface area contributed by atoms with E-state index in [1.165, 1.54) is 11.0 Å². The van der Waals surface area contributed by atoms with Crippen LogP contribution in [0.1, 0.15) is 71.1 Å².